The van der Waals surface area contributed by atoms with E-state index in [4.69, 9.17) is 0 Å². The fraction of sp³-hybridized carbons (Fsp3) is 0.200. The van der Waals surface area contributed by atoms with E-state index >= 15 is 0 Å². The number of nitrogens with zero attached hydrogens (tertiary/aromatic N) is 4. The van der Waals surface area contributed by atoms with Gasteiger partial charge in [0.2, 0.25) is 0 Å². The summed E-state index contributed by atoms with van der Waals surface area (Å²) in [5, 5.41) is 11.4. The first-order valence-electron chi connectivity index (χ1n) is 8.43. The largest absolute Gasteiger partial charge is 0.340 e. The van der Waals surface area contributed by atoms with Crippen LogP contribution in [0.1, 0.15) is 21.6 Å². The molecule has 6 heteroatoms. The number of aryl methyl sites for hydroxylation is 1. The fourth-order valence-electron chi connectivity index (χ4n) is 2.53. The number of anilines is 2. The summed E-state index contributed by atoms with van der Waals surface area (Å²) < 4.78 is 0. The third-order valence-electron chi connectivity index (χ3n) is 4.01. The highest BCUT2D eigenvalue weighted by atomic mass is 16.2. The quantitative estimate of drug-likeness (QED) is 0.741. The van der Waals surface area contributed by atoms with Gasteiger partial charge >= 0.3 is 0 Å². The molecule has 132 valence electrons. The summed E-state index contributed by atoms with van der Waals surface area (Å²) in [5.74, 6) is 0.459. The maximum Gasteiger partial charge on any atom is 0.274 e. The van der Waals surface area contributed by atoms with Gasteiger partial charge in [-0.2, -0.15) is 0 Å². The van der Waals surface area contributed by atoms with Crippen LogP contribution >= 0.6 is 0 Å². The van der Waals surface area contributed by atoms with E-state index in [1.807, 2.05) is 43.3 Å². The molecule has 0 saturated carbocycles. The number of carbonyl (C=O) groups excluding carboxylic acids is 1. The van der Waals surface area contributed by atoms with Crippen molar-refractivity contribution in [3.05, 3.63) is 77.7 Å². The van der Waals surface area contributed by atoms with Crippen molar-refractivity contribution in [1.82, 2.24) is 20.1 Å². The normalized spacial score (nSPS) is 10.4. The van der Waals surface area contributed by atoms with Crippen molar-refractivity contribution in [2.45, 2.75) is 13.3 Å². The zero-order chi connectivity index (χ0) is 18.4. The summed E-state index contributed by atoms with van der Waals surface area (Å²) in [6.45, 7) is 2.63. The second-order valence-electron chi connectivity index (χ2n) is 6.13. The lowest BCUT2D eigenvalue weighted by Crippen LogP contribution is -2.29. The maximum atomic E-state index is 12.5. The summed E-state index contributed by atoms with van der Waals surface area (Å²) in [6, 6.07) is 15.3. The lowest BCUT2D eigenvalue weighted by molar-refractivity contribution is 0.0789. The lowest BCUT2D eigenvalue weighted by Gasteiger charge is -2.16. The molecule has 1 N–H and O–H groups in total. The van der Waals surface area contributed by atoms with Crippen LogP contribution in [-0.4, -0.2) is 39.6 Å². The van der Waals surface area contributed by atoms with Gasteiger partial charge in [-0.15, -0.1) is 10.2 Å². The Morgan fingerprint density at radius 1 is 1.08 bits per heavy atom. The van der Waals surface area contributed by atoms with Crippen LogP contribution in [0.4, 0.5) is 11.5 Å². The molecule has 1 aromatic carbocycles. The lowest BCUT2D eigenvalue weighted by atomic mass is 10.2. The number of aromatic nitrogens is 3. The Balaban J connectivity index is 1.59. The maximum absolute atomic E-state index is 12.5. The number of rotatable bonds is 6. The SMILES string of the molecule is Cc1cccc(Nc2ccc(C(=O)N(C)CCc3ccncc3)nn2)c1. The molecular weight excluding hydrogens is 326 g/mol. The van der Waals surface area contributed by atoms with Gasteiger partial charge in [0.25, 0.3) is 5.91 Å². The second kappa shape index (κ2) is 8.20. The van der Waals surface area contributed by atoms with E-state index in [0.717, 1.165) is 23.2 Å². The van der Waals surface area contributed by atoms with Gasteiger partial charge in [0.1, 0.15) is 0 Å². The van der Waals surface area contributed by atoms with Gasteiger partial charge in [0, 0.05) is 31.7 Å². The molecule has 0 bridgehead atoms. The number of nitrogens with one attached hydrogen (secondary N) is 1. The van der Waals surface area contributed by atoms with Crippen LogP contribution in [0.15, 0.2) is 60.9 Å². The standard InChI is InChI=1S/C20H21N5O/c1-15-4-3-5-17(14-15)22-19-7-6-18(23-24-19)20(26)25(2)13-10-16-8-11-21-12-9-16/h3-9,11-12,14H,10,13H2,1-2H3,(H,22,24). The number of likely N-dealkylation sites (N-methyl/N-ethyl adjacent to an activating group) is 1. The molecule has 0 aliphatic rings. The molecule has 26 heavy (non-hydrogen) atoms. The van der Waals surface area contributed by atoms with Crippen molar-refractivity contribution in [1.29, 1.82) is 0 Å². The number of hydrogen-bond donors (Lipinski definition) is 1. The van der Waals surface area contributed by atoms with Crippen LogP contribution in [0, 0.1) is 6.92 Å². The highest BCUT2D eigenvalue weighted by molar-refractivity contribution is 5.92. The van der Waals surface area contributed by atoms with Crippen LogP contribution in [0.2, 0.25) is 0 Å². The zero-order valence-corrected chi connectivity index (χ0v) is 14.9. The average molecular weight is 347 g/mol. The summed E-state index contributed by atoms with van der Waals surface area (Å²) in [4.78, 5) is 18.1. The van der Waals surface area contributed by atoms with Gasteiger partial charge in [-0.05, 0) is 60.9 Å². The van der Waals surface area contributed by atoms with Crippen LogP contribution in [-0.2, 0) is 6.42 Å². The molecule has 0 atom stereocenters. The molecule has 0 fully saturated rings. The summed E-state index contributed by atoms with van der Waals surface area (Å²) in [6.07, 6.45) is 4.27. The number of carbonyl (C=O) groups is 1. The zero-order valence-electron chi connectivity index (χ0n) is 14.9. The van der Waals surface area contributed by atoms with E-state index < -0.39 is 0 Å². The summed E-state index contributed by atoms with van der Waals surface area (Å²) >= 11 is 0. The topological polar surface area (TPSA) is 71.0 Å². The van der Waals surface area contributed by atoms with Crippen molar-refractivity contribution in [2.75, 3.05) is 18.9 Å². The Kier molecular flexibility index (Phi) is 5.53. The molecule has 2 aromatic heterocycles. The third kappa shape index (κ3) is 4.63. The van der Waals surface area contributed by atoms with Gasteiger partial charge in [0.05, 0.1) is 0 Å². The molecule has 3 rings (SSSR count). The van der Waals surface area contributed by atoms with E-state index in [9.17, 15) is 4.79 Å². The molecule has 0 spiro atoms. The van der Waals surface area contributed by atoms with Gasteiger partial charge in [-0.25, -0.2) is 0 Å². The van der Waals surface area contributed by atoms with Crippen molar-refractivity contribution in [2.24, 2.45) is 0 Å². The number of amides is 1. The Morgan fingerprint density at radius 3 is 2.58 bits per heavy atom. The first kappa shape index (κ1) is 17.5. The van der Waals surface area contributed by atoms with Crippen molar-refractivity contribution < 1.29 is 4.79 Å². The molecule has 3 aromatic rings. The van der Waals surface area contributed by atoms with Crippen molar-refractivity contribution in [3.63, 3.8) is 0 Å². The average Bonchev–Trinajstić information content (AvgIpc) is 2.67. The van der Waals surface area contributed by atoms with Crippen LogP contribution < -0.4 is 5.32 Å². The third-order valence-corrected chi connectivity index (χ3v) is 4.01. The minimum Gasteiger partial charge on any atom is -0.340 e. The van der Waals surface area contributed by atoms with Gasteiger partial charge in [-0.3, -0.25) is 9.78 Å². The van der Waals surface area contributed by atoms with E-state index in [0.29, 0.717) is 18.1 Å². The molecule has 0 aliphatic heterocycles. The van der Waals surface area contributed by atoms with Gasteiger partial charge < -0.3 is 10.2 Å². The predicted octanol–water partition coefficient (Wildman–Crippen LogP) is 3.24. The number of benzene rings is 1. The minimum absolute atomic E-state index is 0.145. The van der Waals surface area contributed by atoms with Crippen molar-refractivity contribution >= 4 is 17.4 Å². The fourth-order valence-corrected chi connectivity index (χ4v) is 2.53. The first-order valence-corrected chi connectivity index (χ1v) is 8.43. The van der Waals surface area contributed by atoms with E-state index in [-0.39, 0.29) is 5.91 Å². The summed E-state index contributed by atoms with van der Waals surface area (Å²) in [7, 11) is 1.77. The Labute approximate surface area is 152 Å². The molecule has 0 aliphatic carbocycles. The monoisotopic (exact) mass is 347 g/mol. The Morgan fingerprint density at radius 2 is 1.88 bits per heavy atom. The molecule has 0 unspecified atom stereocenters. The highest BCUT2D eigenvalue weighted by Crippen LogP contribution is 2.15. The van der Waals surface area contributed by atoms with Crippen LogP contribution in [0.25, 0.3) is 0 Å². The minimum atomic E-state index is -0.145. The van der Waals surface area contributed by atoms with Crippen molar-refractivity contribution in [3.8, 4) is 0 Å². The molecule has 6 nitrogen and oxygen atoms in total. The van der Waals surface area contributed by atoms with Crippen LogP contribution in [0.5, 0.6) is 0 Å². The molecule has 0 saturated heterocycles. The van der Waals surface area contributed by atoms with Crippen LogP contribution in [0.3, 0.4) is 0 Å². The number of pyridine rings is 1. The van der Waals surface area contributed by atoms with E-state index in [1.54, 1.807) is 36.5 Å². The van der Waals surface area contributed by atoms with Gasteiger partial charge in [0.15, 0.2) is 11.5 Å². The Hall–Kier alpha value is -3.28. The number of hydrogen-bond acceptors (Lipinski definition) is 5. The molecule has 2 heterocycles. The second-order valence-corrected chi connectivity index (χ2v) is 6.13. The Bertz CT molecular complexity index is 865. The molecule has 1 amide bonds. The molecule has 0 radical (unpaired) electrons. The van der Waals surface area contributed by atoms with E-state index in [1.165, 1.54) is 0 Å². The predicted molar refractivity (Wildman–Crippen MR) is 101 cm³/mol. The van der Waals surface area contributed by atoms with Gasteiger partial charge in [-0.1, -0.05) is 12.1 Å². The smallest absolute Gasteiger partial charge is 0.274 e. The molecular formula is C20H21N5O. The summed E-state index contributed by atoms with van der Waals surface area (Å²) in [5.41, 5.74) is 3.57. The first-order chi connectivity index (χ1) is 12.6. The highest BCUT2D eigenvalue weighted by Gasteiger charge is 2.13. The van der Waals surface area contributed by atoms with E-state index in [2.05, 4.69) is 20.5 Å².